The minimum Gasteiger partial charge on any atom is -0.469 e. The lowest BCUT2D eigenvalue weighted by Gasteiger charge is -2.34. The number of carbonyl (C=O) groups is 3. The molecule has 2 atom stereocenters. The van der Waals surface area contributed by atoms with E-state index in [0.717, 1.165) is 19.3 Å². The molecule has 7 heteroatoms. The molecule has 130 valence electrons. The number of methoxy groups -OCH3 is 1. The van der Waals surface area contributed by atoms with Crippen molar-refractivity contribution in [2.75, 3.05) is 20.2 Å². The molecule has 1 N–H and O–H groups in total. The van der Waals surface area contributed by atoms with Gasteiger partial charge in [-0.3, -0.25) is 14.4 Å². The first-order valence-electron chi connectivity index (χ1n) is 8.26. The summed E-state index contributed by atoms with van der Waals surface area (Å²) in [7, 11) is 1.28. The number of esters is 1. The number of hydrogen-bond donors (Lipinski definition) is 1. The van der Waals surface area contributed by atoms with Gasteiger partial charge in [-0.2, -0.15) is 0 Å². The van der Waals surface area contributed by atoms with Gasteiger partial charge in [-0.15, -0.1) is 11.3 Å². The Morgan fingerprint density at radius 3 is 3.00 bits per heavy atom. The van der Waals surface area contributed by atoms with Crippen LogP contribution in [0.3, 0.4) is 0 Å². The van der Waals surface area contributed by atoms with Gasteiger partial charge in [0.15, 0.2) is 0 Å². The Bertz CT molecular complexity index is 670. The molecule has 2 aliphatic rings. The van der Waals surface area contributed by atoms with Crippen LogP contribution in [-0.4, -0.2) is 48.9 Å². The Morgan fingerprint density at radius 1 is 1.46 bits per heavy atom. The van der Waals surface area contributed by atoms with Crippen LogP contribution in [0.4, 0.5) is 0 Å². The van der Waals surface area contributed by atoms with E-state index < -0.39 is 12.0 Å². The Kier molecular flexibility index (Phi) is 4.89. The van der Waals surface area contributed by atoms with Crippen molar-refractivity contribution in [1.29, 1.82) is 0 Å². The van der Waals surface area contributed by atoms with Gasteiger partial charge >= 0.3 is 5.97 Å². The monoisotopic (exact) mass is 350 g/mol. The molecule has 1 aromatic rings. The van der Waals surface area contributed by atoms with E-state index >= 15 is 0 Å². The summed E-state index contributed by atoms with van der Waals surface area (Å²) < 4.78 is 4.66. The number of rotatable bonds is 3. The normalized spacial score (nSPS) is 23.4. The number of hydrogen-bond acceptors (Lipinski definition) is 5. The van der Waals surface area contributed by atoms with Gasteiger partial charge in [-0.1, -0.05) is 6.92 Å². The Hall–Kier alpha value is -1.89. The Labute approximate surface area is 145 Å². The van der Waals surface area contributed by atoms with Crippen molar-refractivity contribution in [2.45, 2.75) is 38.6 Å². The quantitative estimate of drug-likeness (QED) is 0.836. The van der Waals surface area contributed by atoms with Crippen LogP contribution < -0.4 is 5.32 Å². The summed E-state index contributed by atoms with van der Waals surface area (Å²) in [4.78, 5) is 40.1. The summed E-state index contributed by atoms with van der Waals surface area (Å²) in [5.74, 6) is -0.308. The molecule has 6 nitrogen and oxygen atoms in total. The zero-order valence-corrected chi connectivity index (χ0v) is 14.8. The van der Waals surface area contributed by atoms with E-state index in [0.29, 0.717) is 23.9 Å². The standard InChI is InChI=1S/C17H22N2O4S/c1-10-3-4-13-11(7-10)8-14(24-13)17(22)19-6-5-18-16(21)12(19)9-15(20)23-2/h8,10,12H,3-7,9H2,1-2H3,(H,18,21). The third kappa shape index (κ3) is 3.31. The minimum absolute atomic E-state index is 0.115. The summed E-state index contributed by atoms with van der Waals surface area (Å²) >= 11 is 1.53. The smallest absolute Gasteiger partial charge is 0.308 e. The third-order valence-corrected chi connectivity index (χ3v) is 5.94. The molecule has 1 aromatic heterocycles. The van der Waals surface area contributed by atoms with Crippen molar-refractivity contribution in [2.24, 2.45) is 5.92 Å². The van der Waals surface area contributed by atoms with Crippen LogP contribution in [0.5, 0.6) is 0 Å². The Balaban J connectivity index is 1.81. The number of ether oxygens (including phenoxy) is 1. The second-order valence-corrected chi connectivity index (χ2v) is 7.63. The predicted molar refractivity (Wildman–Crippen MR) is 90.0 cm³/mol. The molecule has 0 saturated carbocycles. The molecule has 1 saturated heterocycles. The van der Waals surface area contributed by atoms with Crippen LogP contribution in [0.25, 0.3) is 0 Å². The molecule has 24 heavy (non-hydrogen) atoms. The topological polar surface area (TPSA) is 75.7 Å². The number of carbonyl (C=O) groups excluding carboxylic acids is 3. The third-order valence-electron chi connectivity index (χ3n) is 4.72. The summed E-state index contributed by atoms with van der Waals surface area (Å²) in [6, 6.07) is 1.18. The molecule has 2 heterocycles. The lowest BCUT2D eigenvalue weighted by molar-refractivity contribution is -0.145. The number of piperazine rings is 1. The second kappa shape index (κ2) is 6.93. The van der Waals surface area contributed by atoms with Gasteiger partial charge in [0.2, 0.25) is 5.91 Å². The van der Waals surface area contributed by atoms with Crippen molar-refractivity contribution < 1.29 is 19.1 Å². The fourth-order valence-corrected chi connectivity index (χ4v) is 4.52. The van der Waals surface area contributed by atoms with E-state index in [-0.39, 0.29) is 18.2 Å². The maximum Gasteiger partial charge on any atom is 0.308 e. The first-order chi connectivity index (χ1) is 11.5. The molecule has 2 unspecified atom stereocenters. The molecular weight excluding hydrogens is 328 g/mol. The maximum atomic E-state index is 12.9. The fraction of sp³-hybridized carbons (Fsp3) is 0.588. The van der Waals surface area contributed by atoms with E-state index in [9.17, 15) is 14.4 Å². The van der Waals surface area contributed by atoms with Crippen LogP contribution in [-0.2, 0) is 27.2 Å². The molecule has 1 aliphatic carbocycles. The molecule has 0 bridgehead atoms. The summed E-state index contributed by atoms with van der Waals surface area (Å²) in [5, 5.41) is 2.72. The first-order valence-corrected chi connectivity index (χ1v) is 9.08. The molecule has 0 aromatic carbocycles. The molecule has 0 spiro atoms. The highest BCUT2D eigenvalue weighted by molar-refractivity contribution is 7.14. The zero-order valence-electron chi connectivity index (χ0n) is 14.0. The van der Waals surface area contributed by atoms with Gasteiger partial charge in [-0.05, 0) is 36.8 Å². The zero-order chi connectivity index (χ0) is 17.3. The lowest BCUT2D eigenvalue weighted by atomic mass is 9.90. The molecule has 1 aliphatic heterocycles. The molecule has 1 fully saturated rings. The van der Waals surface area contributed by atoms with Crippen LogP contribution in [0, 0.1) is 5.92 Å². The summed E-state index contributed by atoms with van der Waals surface area (Å²) in [6.07, 6.45) is 3.06. The largest absolute Gasteiger partial charge is 0.469 e. The van der Waals surface area contributed by atoms with Crippen LogP contribution in [0.1, 0.15) is 39.9 Å². The van der Waals surface area contributed by atoms with Gasteiger partial charge in [-0.25, -0.2) is 0 Å². The van der Waals surface area contributed by atoms with Gasteiger partial charge in [0.1, 0.15) is 6.04 Å². The highest BCUT2D eigenvalue weighted by atomic mass is 32.1. The summed E-state index contributed by atoms with van der Waals surface area (Å²) in [5.41, 5.74) is 1.26. The van der Waals surface area contributed by atoms with Gasteiger partial charge in [0.05, 0.1) is 18.4 Å². The predicted octanol–water partition coefficient (Wildman–Crippen LogP) is 1.38. The van der Waals surface area contributed by atoms with Crippen molar-refractivity contribution in [3.63, 3.8) is 0 Å². The van der Waals surface area contributed by atoms with Crippen molar-refractivity contribution in [3.05, 3.63) is 21.4 Å². The van der Waals surface area contributed by atoms with E-state index in [2.05, 4.69) is 17.0 Å². The fourth-order valence-electron chi connectivity index (χ4n) is 3.35. The SMILES string of the molecule is COC(=O)CC1C(=O)NCCN1C(=O)c1cc2c(s1)CCC(C)C2. The highest BCUT2D eigenvalue weighted by Crippen LogP contribution is 2.33. The molecule has 2 amide bonds. The number of aryl methyl sites for hydroxylation is 1. The van der Waals surface area contributed by atoms with E-state index in [1.807, 2.05) is 6.07 Å². The molecule has 0 radical (unpaired) electrons. The van der Waals surface area contributed by atoms with E-state index in [1.165, 1.54) is 33.8 Å². The average molecular weight is 350 g/mol. The van der Waals surface area contributed by atoms with Crippen LogP contribution in [0.15, 0.2) is 6.07 Å². The lowest BCUT2D eigenvalue weighted by Crippen LogP contribution is -2.57. The minimum atomic E-state index is -0.795. The van der Waals surface area contributed by atoms with E-state index in [1.54, 1.807) is 0 Å². The maximum absolute atomic E-state index is 12.9. The van der Waals surface area contributed by atoms with Crippen molar-refractivity contribution in [1.82, 2.24) is 10.2 Å². The molecule has 3 rings (SSSR count). The number of amides is 2. The van der Waals surface area contributed by atoms with Gasteiger partial charge in [0, 0.05) is 18.0 Å². The van der Waals surface area contributed by atoms with Gasteiger partial charge in [0.25, 0.3) is 5.91 Å². The first kappa shape index (κ1) is 17.0. The second-order valence-electron chi connectivity index (χ2n) is 6.49. The number of thiophene rings is 1. The van der Waals surface area contributed by atoms with Crippen LogP contribution in [0.2, 0.25) is 0 Å². The molecular formula is C17H22N2O4S. The highest BCUT2D eigenvalue weighted by Gasteiger charge is 2.36. The number of nitrogens with zero attached hydrogens (tertiary/aromatic N) is 1. The van der Waals surface area contributed by atoms with Gasteiger partial charge < -0.3 is 15.0 Å². The van der Waals surface area contributed by atoms with Crippen molar-refractivity contribution >= 4 is 29.1 Å². The number of fused-ring (bicyclic) bond motifs is 1. The number of nitrogens with one attached hydrogen (secondary N) is 1. The van der Waals surface area contributed by atoms with Crippen molar-refractivity contribution in [3.8, 4) is 0 Å². The average Bonchev–Trinajstić information content (AvgIpc) is 2.98. The Morgan fingerprint density at radius 2 is 2.25 bits per heavy atom. The van der Waals surface area contributed by atoms with E-state index in [4.69, 9.17) is 0 Å². The summed E-state index contributed by atoms with van der Waals surface area (Å²) in [6.45, 7) is 3.04. The van der Waals surface area contributed by atoms with Crippen LogP contribution >= 0.6 is 11.3 Å².